The Morgan fingerprint density at radius 3 is 2.33 bits per heavy atom. The molecule has 0 unspecified atom stereocenters. The van der Waals surface area contributed by atoms with Gasteiger partial charge in [-0.3, -0.25) is 9.52 Å². The highest BCUT2D eigenvalue weighted by atomic mass is 32.2. The number of nitriles is 1. The Hall–Kier alpha value is -2.85. The van der Waals surface area contributed by atoms with Crippen LogP contribution in [-0.4, -0.2) is 37.6 Å². The Morgan fingerprint density at radius 2 is 1.77 bits per heavy atom. The van der Waals surface area contributed by atoms with Crippen LogP contribution in [0.1, 0.15) is 59.7 Å². The van der Waals surface area contributed by atoms with Gasteiger partial charge in [-0.05, 0) is 74.9 Å². The summed E-state index contributed by atoms with van der Waals surface area (Å²) < 4.78 is 26.9. The number of piperidine rings is 1. The van der Waals surface area contributed by atoms with E-state index in [0.717, 1.165) is 18.4 Å². The van der Waals surface area contributed by atoms with Gasteiger partial charge in [0, 0.05) is 24.3 Å². The number of sulfonamides is 1. The number of carbonyl (C=O) groups is 1. The zero-order valence-corrected chi connectivity index (χ0v) is 18.4. The number of nitrogens with zero attached hydrogens (tertiary/aromatic N) is 2. The van der Waals surface area contributed by atoms with Crippen LogP contribution in [-0.2, 0) is 10.0 Å². The first-order valence-electron chi connectivity index (χ1n) is 10.1. The number of nitrogens with one attached hydrogen (secondary N) is 1. The molecule has 1 amide bonds. The highest BCUT2D eigenvalue weighted by molar-refractivity contribution is 7.93. The highest BCUT2D eigenvalue weighted by Crippen LogP contribution is 2.29. The third-order valence-electron chi connectivity index (χ3n) is 5.64. The molecule has 30 heavy (non-hydrogen) atoms. The number of likely N-dealkylation sites (tertiary alicyclic amines) is 1. The van der Waals surface area contributed by atoms with Gasteiger partial charge in [-0.25, -0.2) is 8.42 Å². The lowest BCUT2D eigenvalue weighted by atomic mass is 9.88. The molecule has 1 aliphatic rings. The molecule has 0 bridgehead atoms. The standard InChI is InChI=1S/C23H27N3O3S/c1-16(2)30(28,29)25-21-9-4-17(3)22(14-21)23(27)26-12-10-20(11-13-26)19-7-5-18(15-24)6-8-19/h4-9,14,16,20,25H,10-13H2,1-3H3. The van der Waals surface area contributed by atoms with Crippen molar-refractivity contribution in [3.05, 3.63) is 64.7 Å². The number of anilines is 1. The molecule has 0 aliphatic carbocycles. The van der Waals surface area contributed by atoms with E-state index in [9.17, 15) is 13.2 Å². The largest absolute Gasteiger partial charge is 0.339 e. The monoisotopic (exact) mass is 425 g/mol. The topological polar surface area (TPSA) is 90.3 Å². The van der Waals surface area contributed by atoms with Crippen LogP contribution in [0.3, 0.4) is 0 Å². The van der Waals surface area contributed by atoms with E-state index in [4.69, 9.17) is 5.26 Å². The predicted molar refractivity (Wildman–Crippen MR) is 118 cm³/mol. The van der Waals surface area contributed by atoms with Crippen LogP contribution in [0.5, 0.6) is 0 Å². The van der Waals surface area contributed by atoms with Gasteiger partial charge in [0.05, 0.1) is 16.9 Å². The maximum Gasteiger partial charge on any atom is 0.254 e. The third kappa shape index (κ3) is 4.82. The van der Waals surface area contributed by atoms with Crippen LogP contribution >= 0.6 is 0 Å². The minimum atomic E-state index is -3.47. The van der Waals surface area contributed by atoms with Gasteiger partial charge in [-0.1, -0.05) is 18.2 Å². The van der Waals surface area contributed by atoms with Gasteiger partial charge in [0.15, 0.2) is 0 Å². The highest BCUT2D eigenvalue weighted by Gasteiger charge is 2.26. The molecule has 1 fully saturated rings. The minimum Gasteiger partial charge on any atom is -0.339 e. The maximum absolute atomic E-state index is 13.1. The Balaban J connectivity index is 1.70. The Bertz CT molecular complexity index is 1060. The zero-order chi connectivity index (χ0) is 21.9. The van der Waals surface area contributed by atoms with Gasteiger partial charge < -0.3 is 4.90 Å². The average Bonchev–Trinajstić information content (AvgIpc) is 2.74. The normalized spacial score (nSPS) is 15.1. The van der Waals surface area contributed by atoms with Crippen LogP contribution in [0.15, 0.2) is 42.5 Å². The minimum absolute atomic E-state index is 0.0728. The number of aryl methyl sites for hydroxylation is 1. The Morgan fingerprint density at radius 1 is 1.13 bits per heavy atom. The number of carbonyl (C=O) groups excluding carboxylic acids is 1. The first kappa shape index (κ1) is 21.8. The van der Waals surface area contributed by atoms with Crippen LogP contribution in [0.25, 0.3) is 0 Å². The van der Waals surface area contributed by atoms with E-state index in [1.165, 1.54) is 5.56 Å². The second-order valence-electron chi connectivity index (χ2n) is 8.03. The number of amides is 1. The molecule has 0 radical (unpaired) electrons. The van der Waals surface area contributed by atoms with Crippen molar-refractivity contribution < 1.29 is 13.2 Å². The molecule has 2 aromatic rings. The first-order valence-corrected chi connectivity index (χ1v) is 11.7. The molecule has 1 N–H and O–H groups in total. The molecular weight excluding hydrogens is 398 g/mol. The lowest BCUT2D eigenvalue weighted by molar-refractivity contribution is 0.0712. The van der Waals surface area contributed by atoms with E-state index in [1.807, 2.05) is 36.1 Å². The van der Waals surface area contributed by atoms with Crippen LogP contribution in [0, 0.1) is 18.3 Å². The summed E-state index contributed by atoms with van der Waals surface area (Å²) in [5.74, 6) is 0.295. The van der Waals surface area contributed by atoms with Crippen LogP contribution in [0.2, 0.25) is 0 Å². The van der Waals surface area contributed by atoms with Crippen molar-refractivity contribution in [2.45, 2.75) is 44.8 Å². The lowest BCUT2D eigenvalue weighted by Crippen LogP contribution is -2.38. The fraction of sp³-hybridized carbons (Fsp3) is 0.391. The number of hydrogen-bond donors (Lipinski definition) is 1. The van der Waals surface area contributed by atoms with Gasteiger partial charge in [0.25, 0.3) is 5.91 Å². The molecule has 1 saturated heterocycles. The summed E-state index contributed by atoms with van der Waals surface area (Å²) in [5, 5.41) is 8.39. The fourth-order valence-corrected chi connectivity index (χ4v) is 4.31. The molecule has 0 saturated carbocycles. The molecule has 3 rings (SSSR count). The van der Waals surface area contributed by atoms with E-state index in [2.05, 4.69) is 10.8 Å². The molecule has 2 aromatic carbocycles. The average molecular weight is 426 g/mol. The molecule has 1 aliphatic heterocycles. The van der Waals surface area contributed by atoms with E-state index in [-0.39, 0.29) is 5.91 Å². The molecule has 1 heterocycles. The summed E-state index contributed by atoms with van der Waals surface area (Å²) in [4.78, 5) is 14.9. The van der Waals surface area contributed by atoms with Crippen molar-refractivity contribution in [2.75, 3.05) is 17.8 Å². The fourth-order valence-electron chi connectivity index (χ4n) is 3.61. The molecule has 7 heteroatoms. The van der Waals surface area contributed by atoms with E-state index >= 15 is 0 Å². The maximum atomic E-state index is 13.1. The quantitative estimate of drug-likeness (QED) is 0.783. The number of hydrogen-bond acceptors (Lipinski definition) is 4. The smallest absolute Gasteiger partial charge is 0.254 e. The Labute approximate surface area is 178 Å². The molecule has 0 aromatic heterocycles. The SMILES string of the molecule is Cc1ccc(NS(=O)(=O)C(C)C)cc1C(=O)N1CCC(c2ccc(C#N)cc2)CC1. The van der Waals surface area contributed by atoms with Crippen molar-refractivity contribution in [1.29, 1.82) is 5.26 Å². The van der Waals surface area contributed by atoms with Gasteiger partial charge in [-0.2, -0.15) is 5.26 Å². The van der Waals surface area contributed by atoms with E-state index < -0.39 is 15.3 Å². The predicted octanol–water partition coefficient (Wildman–Crippen LogP) is 4.04. The molecular formula is C23H27N3O3S. The Kier molecular flexibility index (Phi) is 6.47. The molecule has 0 atom stereocenters. The van der Waals surface area contributed by atoms with Crippen molar-refractivity contribution in [3.8, 4) is 6.07 Å². The van der Waals surface area contributed by atoms with Gasteiger partial charge in [0.2, 0.25) is 10.0 Å². The summed E-state index contributed by atoms with van der Waals surface area (Å²) in [6.45, 7) is 6.37. The van der Waals surface area contributed by atoms with Crippen molar-refractivity contribution in [2.24, 2.45) is 0 Å². The third-order valence-corrected chi connectivity index (χ3v) is 7.40. The van der Waals surface area contributed by atoms with Gasteiger partial charge in [0.1, 0.15) is 0 Å². The summed E-state index contributed by atoms with van der Waals surface area (Å²) in [6, 6.07) is 14.9. The van der Waals surface area contributed by atoms with Crippen molar-refractivity contribution in [1.82, 2.24) is 4.90 Å². The summed E-state index contributed by atoms with van der Waals surface area (Å²) in [6.07, 6.45) is 1.71. The van der Waals surface area contributed by atoms with Crippen molar-refractivity contribution >= 4 is 21.6 Å². The van der Waals surface area contributed by atoms with E-state index in [0.29, 0.717) is 35.8 Å². The van der Waals surface area contributed by atoms with Crippen molar-refractivity contribution in [3.63, 3.8) is 0 Å². The van der Waals surface area contributed by atoms with E-state index in [1.54, 1.807) is 32.0 Å². The van der Waals surface area contributed by atoms with Crippen LogP contribution < -0.4 is 4.72 Å². The summed E-state index contributed by atoms with van der Waals surface area (Å²) in [5.41, 5.74) is 3.60. The number of benzene rings is 2. The first-order chi connectivity index (χ1) is 14.2. The summed E-state index contributed by atoms with van der Waals surface area (Å²) in [7, 11) is -3.47. The number of rotatable bonds is 5. The second-order valence-corrected chi connectivity index (χ2v) is 10.3. The van der Waals surface area contributed by atoms with Gasteiger partial charge >= 0.3 is 0 Å². The van der Waals surface area contributed by atoms with Crippen LogP contribution in [0.4, 0.5) is 5.69 Å². The van der Waals surface area contributed by atoms with Gasteiger partial charge in [-0.15, -0.1) is 0 Å². The zero-order valence-electron chi connectivity index (χ0n) is 17.6. The molecule has 0 spiro atoms. The molecule has 158 valence electrons. The second kappa shape index (κ2) is 8.88. The molecule has 6 nitrogen and oxygen atoms in total. The lowest BCUT2D eigenvalue weighted by Gasteiger charge is -2.32. The summed E-state index contributed by atoms with van der Waals surface area (Å²) >= 11 is 0.